The van der Waals surface area contributed by atoms with Crippen LogP contribution in [0.3, 0.4) is 0 Å². The zero-order valence-electron chi connectivity index (χ0n) is 13.4. The van der Waals surface area contributed by atoms with Crippen molar-refractivity contribution < 1.29 is 18.0 Å². The largest absolute Gasteiger partial charge is 0.416 e. The van der Waals surface area contributed by atoms with Crippen LogP contribution in [0, 0.1) is 11.8 Å². The smallest absolute Gasteiger partial charge is 0.349 e. The van der Waals surface area contributed by atoms with E-state index >= 15 is 0 Å². The number of nitrogens with two attached hydrogens (primary N) is 1. The number of hydrogen-bond acceptors (Lipinski definition) is 2. The van der Waals surface area contributed by atoms with Crippen molar-refractivity contribution in [2.24, 2.45) is 17.6 Å². The van der Waals surface area contributed by atoms with E-state index < -0.39 is 17.3 Å². The van der Waals surface area contributed by atoms with Crippen LogP contribution in [0.1, 0.15) is 43.2 Å². The van der Waals surface area contributed by atoms with E-state index in [1.807, 2.05) is 6.92 Å². The summed E-state index contributed by atoms with van der Waals surface area (Å²) in [5.41, 5.74) is 5.32. The molecule has 3 nitrogen and oxygen atoms in total. The summed E-state index contributed by atoms with van der Waals surface area (Å²) in [6, 6.07) is 5.27. The number of halogens is 4. The Morgan fingerprint density at radius 2 is 2.00 bits per heavy atom. The normalized spacial score (nSPS) is 25.4. The lowest BCUT2D eigenvalue weighted by Gasteiger charge is -2.29. The van der Waals surface area contributed by atoms with Crippen LogP contribution >= 0.6 is 12.4 Å². The molecule has 7 heteroatoms. The van der Waals surface area contributed by atoms with Crippen LogP contribution in [0.25, 0.3) is 0 Å². The first-order valence-corrected chi connectivity index (χ1v) is 7.94. The third kappa shape index (κ3) is 3.86. The Bertz CT molecular complexity index is 618. The van der Waals surface area contributed by atoms with Gasteiger partial charge in [0.25, 0.3) is 0 Å². The van der Waals surface area contributed by atoms with Gasteiger partial charge in [-0.1, -0.05) is 18.2 Å². The number of carbonyl (C=O) groups is 1. The third-order valence-electron chi connectivity index (χ3n) is 5.08. The van der Waals surface area contributed by atoms with E-state index in [1.165, 1.54) is 6.07 Å². The number of amides is 1. The standard InChI is InChI=1S/C17H21F3N2O.ClH/c1-16(9-21,11-5-6-11)22-15(23)14-8-13(14)10-3-2-4-12(7-10)17(18,19)20;/h2-4,7,11,13-14H,5-6,8-9,21H2,1H3,(H,22,23);1H. The van der Waals surface area contributed by atoms with Gasteiger partial charge in [0.1, 0.15) is 0 Å². The van der Waals surface area contributed by atoms with Crippen LogP contribution in [-0.4, -0.2) is 18.0 Å². The molecule has 1 amide bonds. The van der Waals surface area contributed by atoms with Gasteiger partial charge < -0.3 is 11.1 Å². The molecular weight excluding hydrogens is 341 g/mol. The Balaban J connectivity index is 0.00000208. The van der Waals surface area contributed by atoms with Crippen molar-refractivity contribution in [1.29, 1.82) is 0 Å². The van der Waals surface area contributed by atoms with Crippen LogP contribution in [0.4, 0.5) is 13.2 Å². The Hall–Kier alpha value is -1.27. The first-order valence-electron chi connectivity index (χ1n) is 7.94. The van der Waals surface area contributed by atoms with Crippen molar-refractivity contribution in [3.05, 3.63) is 35.4 Å². The SMILES string of the molecule is CC(CN)(NC(=O)C1CC1c1cccc(C(F)(F)F)c1)C1CC1.Cl. The fourth-order valence-electron chi connectivity index (χ4n) is 3.21. The second-order valence-corrected chi connectivity index (χ2v) is 6.96. The zero-order chi connectivity index (χ0) is 16.8. The van der Waals surface area contributed by atoms with Gasteiger partial charge in [-0.2, -0.15) is 13.2 Å². The summed E-state index contributed by atoms with van der Waals surface area (Å²) >= 11 is 0. The average Bonchev–Trinajstić information content (AvgIpc) is 3.39. The molecule has 0 saturated heterocycles. The highest BCUT2D eigenvalue weighted by Crippen LogP contribution is 2.49. The van der Waals surface area contributed by atoms with Crippen LogP contribution < -0.4 is 11.1 Å². The monoisotopic (exact) mass is 362 g/mol. The highest BCUT2D eigenvalue weighted by molar-refractivity contribution is 5.85. The van der Waals surface area contributed by atoms with E-state index in [-0.39, 0.29) is 30.2 Å². The summed E-state index contributed by atoms with van der Waals surface area (Å²) in [6.07, 6.45) is -1.63. The molecule has 3 rings (SSSR count). The van der Waals surface area contributed by atoms with Crippen molar-refractivity contribution in [2.45, 2.75) is 43.8 Å². The summed E-state index contributed by atoms with van der Waals surface area (Å²) in [5, 5.41) is 3.03. The van der Waals surface area contributed by atoms with Crippen LogP contribution in [-0.2, 0) is 11.0 Å². The predicted molar refractivity (Wildman–Crippen MR) is 87.9 cm³/mol. The Morgan fingerprint density at radius 3 is 2.54 bits per heavy atom. The molecule has 2 aliphatic carbocycles. The molecule has 0 radical (unpaired) electrons. The van der Waals surface area contributed by atoms with E-state index in [0.29, 0.717) is 24.4 Å². The minimum atomic E-state index is -4.35. The molecule has 2 saturated carbocycles. The number of alkyl halides is 3. The maximum Gasteiger partial charge on any atom is 0.416 e. The molecule has 0 spiro atoms. The first-order chi connectivity index (χ1) is 10.7. The van der Waals surface area contributed by atoms with Crippen molar-refractivity contribution in [3.8, 4) is 0 Å². The molecule has 3 unspecified atom stereocenters. The van der Waals surface area contributed by atoms with Gasteiger partial charge in [0.2, 0.25) is 5.91 Å². The van der Waals surface area contributed by atoms with E-state index in [2.05, 4.69) is 5.32 Å². The number of benzene rings is 1. The van der Waals surface area contributed by atoms with Gasteiger partial charge >= 0.3 is 6.18 Å². The molecule has 0 heterocycles. The maximum absolute atomic E-state index is 12.8. The molecule has 0 aliphatic heterocycles. The van der Waals surface area contributed by atoms with Gasteiger partial charge in [0, 0.05) is 12.5 Å². The Kier molecular flexibility index (Phi) is 5.21. The molecule has 3 N–H and O–H groups in total. The van der Waals surface area contributed by atoms with Gasteiger partial charge in [-0.3, -0.25) is 4.79 Å². The molecule has 2 fully saturated rings. The molecule has 0 aromatic heterocycles. The molecule has 2 aliphatic rings. The molecule has 1 aromatic carbocycles. The lowest BCUT2D eigenvalue weighted by atomic mass is 9.95. The van der Waals surface area contributed by atoms with Crippen LogP contribution in [0.5, 0.6) is 0 Å². The lowest BCUT2D eigenvalue weighted by Crippen LogP contribution is -2.53. The number of carbonyl (C=O) groups excluding carboxylic acids is 1. The number of hydrogen-bond donors (Lipinski definition) is 2. The van der Waals surface area contributed by atoms with Crippen molar-refractivity contribution >= 4 is 18.3 Å². The molecular formula is C17H22ClF3N2O. The molecule has 134 valence electrons. The van der Waals surface area contributed by atoms with Crippen molar-refractivity contribution in [1.82, 2.24) is 5.32 Å². The topological polar surface area (TPSA) is 55.1 Å². The summed E-state index contributed by atoms with van der Waals surface area (Å²) in [7, 11) is 0. The maximum atomic E-state index is 12.8. The summed E-state index contributed by atoms with van der Waals surface area (Å²) in [4.78, 5) is 12.4. The summed E-state index contributed by atoms with van der Waals surface area (Å²) < 4.78 is 38.3. The van der Waals surface area contributed by atoms with Crippen LogP contribution in [0.15, 0.2) is 24.3 Å². The third-order valence-corrected chi connectivity index (χ3v) is 5.08. The van der Waals surface area contributed by atoms with E-state index in [0.717, 1.165) is 25.0 Å². The molecule has 24 heavy (non-hydrogen) atoms. The van der Waals surface area contributed by atoms with Crippen molar-refractivity contribution in [3.63, 3.8) is 0 Å². The fraction of sp³-hybridized carbons (Fsp3) is 0.588. The molecule has 1 aromatic rings. The average molecular weight is 363 g/mol. The minimum absolute atomic E-state index is 0. The summed E-state index contributed by atoms with van der Waals surface area (Å²) in [6.45, 7) is 2.33. The van der Waals surface area contributed by atoms with Gasteiger partial charge in [-0.05, 0) is 49.7 Å². The van der Waals surface area contributed by atoms with Crippen molar-refractivity contribution in [2.75, 3.05) is 6.54 Å². The fourth-order valence-corrected chi connectivity index (χ4v) is 3.21. The molecule has 0 bridgehead atoms. The Labute approximate surface area is 145 Å². The minimum Gasteiger partial charge on any atom is -0.349 e. The second-order valence-electron chi connectivity index (χ2n) is 6.96. The highest BCUT2D eigenvalue weighted by Gasteiger charge is 2.48. The zero-order valence-corrected chi connectivity index (χ0v) is 14.2. The van der Waals surface area contributed by atoms with Crippen LogP contribution in [0.2, 0.25) is 0 Å². The van der Waals surface area contributed by atoms with E-state index in [9.17, 15) is 18.0 Å². The van der Waals surface area contributed by atoms with E-state index in [4.69, 9.17) is 5.73 Å². The Morgan fingerprint density at radius 1 is 1.33 bits per heavy atom. The van der Waals surface area contributed by atoms with E-state index in [1.54, 1.807) is 6.07 Å². The van der Waals surface area contributed by atoms with Gasteiger partial charge in [0.05, 0.1) is 11.1 Å². The van der Waals surface area contributed by atoms with Gasteiger partial charge in [0.15, 0.2) is 0 Å². The number of nitrogens with one attached hydrogen (secondary N) is 1. The number of rotatable bonds is 5. The molecule has 3 atom stereocenters. The highest BCUT2D eigenvalue weighted by atomic mass is 35.5. The quantitative estimate of drug-likeness (QED) is 0.842. The lowest BCUT2D eigenvalue weighted by molar-refractivity contribution is -0.137. The summed E-state index contributed by atoms with van der Waals surface area (Å²) in [5.74, 6) is -0.0453. The first kappa shape index (κ1) is 19.1. The second kappa shape index (κ2) is 6.56. The van der Waals surface area contributed by atoms with Gasteiger partial charge in [-0.15, -0.1) is 12.4 Å². The predicted octanol–water partition coefficient (Wildman–Crippen LogP) is 3.47. The van der Waals surface area contributed by atoms with Gasteiger partial charge in [-0.25, -0.2) is 0 Å².